The highest BCUT2D eigenvalue weighted by Crippen LogP contribution is 2.21. The Morgan fingerprint density at radius 2 is 2.21 bits per heavy atom. The summed E-state index contributed by atoms with van der Waals surface area (Å²) in [7, 11) is 0. The Labute approximate surface area is 149 Å². The number of ether oxygens (including phenoxy) is 1. The lowest BCUT2D eigenvalue weighted by Crippen LogP contribution is -2.27. The Kier molecular flexibility index (Phi) is 6.52. The summed E-state index contributed by atoms with van der Waals surface area (Å²) in [4.78, 5) is 29.1. The molecule has 7 heteroatoms. The quantitative estimate of drug-likeness (QED) is 0.575. The van der Waals surface area contributed by atoms with E-state index in [9.17, 15) is 9.59 Å². The number of thiazole rings is 1. The molecule has 0 atom stereocenters. The van der Waals surface area contributed by atoms with E-state index in [0.717, 1.165) is 5.56 Å². The number of benzene rings is 1. The van der Waals surface area contributed by atoms with Crippen molar-refractivity contribution in [1.29, 1.82) is 0 Å². The third kappa shape index (κ3) is 5.18. The van der Waals surface area contributed by atoms with E-state index in [1.807, 2.05) is 13.0 Å². The van der Waals surface area contributed by atoms with Crippen LogP contribution in [0, 0.1) is 0 Å². The van der Waals surface area contributed by atoms with Gasteiger partial charge in [0.1, 0.15) is 6.61 Å². The summed E-state index contributed by atoms with van der Waals surface area (Å²) in [6.45, 7) is 3.98. The fourth-order valence-electron chi connectivity index (χ4n) is 1.95. The fourth-order valence-corrected chi connectivity index (χ4v) is 3.06. The molecule has 126 valence electrons. The zero-order valence-electron chi connectivity index (χ0n) is 13.4. The number of aromatic nitrogens is 1. The van der Waals surface area contributed by atoms with Gasteiger partial charge in [-0.3, -0.25) is 9.69 Å². The van der Waals surface area contributed by atoms with Gasteiger partial charge in [0.2, 0.25) is 5.91 Å². The van der Waals surface area contributed by atoms with Crippen LogP contribution in [0.1, 0.15) is 25.1 Å². The van der Waals surface area contributed by atoms with Crippen molar-refractivity contribution in [3.63, 3.8) is 0 Å². The van der Waals surface area contributed by atoms with Crippen LogP contribution in [0.15, 0.2) is 35.7 Å². The topological polar surface area (TPSA) is 59.5 Å². The lowest BCUT2D eigenvalue weighted by atomic mass is 10.2. The van der Waals surface area contributed by atoms with E-state index < -0.39 is 5.97 Å². The predicted octanol–water partition coefficient (Wildman–Crippen LogP) is 3.93. The largest absolute Gasteiger partial charge is 0.456 e. The van der Waals surface area contributed by atoms with Crippen molar-refractivity contribution in [2.24, 2.45) is 0 Å². The van der Waals surface area contributed by atoms with Gasteiger partial charge in [-0.05, 0) is 30.7 Å². The highest BCUT2D eigenvalue weighted by Gasteiger charge is 2.13. The molecular formula is C17H17ClN2O3S. The first kappa shape index (κ1) is 18.2. The molecule has 0 saturated carbocycles. The summed E-state index contributed by atoms with van der Waals surface area (Å²) in [5.74, 6) is -0.539. The maximum absolute atomic E-state index is 11.7. The maximum atomic E-state index is 11.7. The van der Waals surface area contributed by atoms with E-state index in [0.29, 0.717) is 22.4 Å². The van der Waals surface area contributed by atoms with Crippen LogP contribution in [-0.4, -0.2) is 23.4 Å². The van der Waals surface area contributed by atoms with Crippen molar-refractivity contribution in [2.75, 3.05) is 11.4 Å². The molecule has 0 aliphatic heterocycles. The number of anilines is 1. The standard InChI is InChI=1S/C17H17ClN2O3S/c1-3-20(12(2)21)17-19-15(11-24-17)10-23-16(22)8-7-13-5-4-6-14(18)9-13/h4-9,11H,3,10H2,1-2H3/b8-7+. The number of hydrogen-bond acceptors (Lipinski definition) is 5. The van der Waals surface area contributed by atoms with Crippen LogP contribution in [0.25, 0.3) is 6.08 Å². The normalized spacial score (nSPS) is 10.8. The smallest absolute Gasteiger partial charge is 0.331 e. The second-order valence-electron chi connectivity index (χ2n) is 4.88. The molecule has 0 unspecified atom stereocenters. The Morgan fingerprint density at radius 1 is 1.42 bits per heavy atom. The molecule has 0 radical (unpaired) electrons. The van der Waals surface area contributed by atoms with E-state index in [1.54, 1.807) is 34.6 Å². The monoisotopic (exact) mass is 364 g/mol. The predicted molar refractivity (Wildman–Crippen MR) is 96.1 cm³/mol. The van der Waals surface area contributed by atoms with E-state index in [4.69, 9.17) is 16.3 Å². The van der Waals surface area contributed by atoms with Crippen molar-refractivity contribution in [2.45, 2.75) is 20.5 Å². The van der Waals surface area contributed by atoms with Crippen LogP contribution >= 0.6 is 22.9 Å². The average molecular weight is 365 g/mol. The molecule has 2 aromatic rings. The molecule has 1 heterocycles. The summed E-state index contributed by atoms with van der Waals surface area (Å²) in [6.07, 6.45) is 2.97. The molecule has 1 amide bonds. The molecule has 0 saturated heterocycles. The first-order chi connectivity index (χ1) is 11.5. The van der Waals surface area contributed by atoms with Crippen molar-refractivity contribution in [1.82, 2.24) is 4.98 Å². The zero-order valence-corrected chi connectivity index (χ0v) is 14.9. The van der Waals surface area contributed by atoms with Crippen LogP contribution in [0.2, 0.25) is 5.02 Å². The Hall–Kier alpha value is -2.18. The number of nitrogens with zero attached hydrogens (tertiary/aromatic N) is 2. The third-order valence-electron chi connectivity index (χ3n) is 3.09. The Balaban J connectivity index is 1.90. The number of halogens is 1. The average Bonchev–Trinajstić information content (AvgIpc) is 3.00. The molecule has 5 nitrogen and oxygen atoms in total. The van der Waals surface area contributed by atoms with Gasteiger partial charge in [0.05, 0.1) is 5.69 Å². The summed E-state index contributed by atoms with van der Waals surface area (Å²) >= 11 is 7.22. The molecule has 0 spiro atoms. The minimum Gasteiger partial charge on any atom is -0.456 e. The van der Waals surface area contributed by atoms with Gasteiger partial charge in [-0.1, -0.05) is 23.7 Å². The van der Waals surface area contributed by atoms with Gasteiger partial charge in [-0.2, -0.15) is 0 Å². The summed E-state index contributed by atoms with van der Waals surface area (Å²) < 4.78 is 5.15. The van der Waals surface area contributed by atoms with Crippen molar-refractivity contribution >= 4 is 46.0 Å². The van der Waals surface area contributed by atoms with Crippen LogP contribution in [0.4, 0.5) is 5.13 Å². The minimum absolute atomic E-state index is 0.0602. The van der Waals surface area contributed by atoms with Crippen molar-refractivity contribution < 1.29 is 14.3 Å². The molecule has 2 rings (SSSR count). The number of carbonyl (C=O) groups is 2. The number of amides is 1. The number of rotatable bonds is 6. The zero-order chi connectivity index (χ0) is 17.5. The molecule has 0 N–H and O–H groups in total. The third-order valence-corrected chi connectivity index (χ3v) is 4.24. The molecule has 0 bridgehead atoms. The molecule has 0 aliphatic carbocycles. The molecule has 0 aliphatic rings. The van der Waals surface area contributed by atoms with E-state index in [-0.39, 0.29) is 12.5 Å². The van der Waals surface area contributed by atoms with Crippen molar-refractivity contribution in [3.05, 3.63) is 52.0 Å². The SMILES string of the molecule is CCN(C(C)=O)c1nc(COC(=O)/C=C/c2cccc(Cl)c2)cs1. The number of carbonyl (C=O) groups excluding carboxylic acids is 2. The first-order valence-corrected chi connectivity index (χ1v) is 8.58. The number of hydrogen-bond donors (Lipinski definition) is 0. The molecular weight excluding hydrogens is 348 g/mol. The van der Waals surface area contributed by atoms with Gasteiger partial charge in [0, 0.05) is 29.9 Å². The van der Waals surface area contributed by atoms with E-state index >= 15 is 0 Å². The van der Waals surface area contributed by atoms with Gasteiger partial charge >= 0.3 is 5.97 Å². The highest BCUT2D eigenvalue weighted by molar-refractivity contribution is 7.14. The second-order valence-corrected chi connectivity index (χ2v) is 6.15. The maximum Gasteiger partial charge on any atom is 0.331 e. The van der Waals surface area contributed by atoms with E-state index in [1.165, 1.54) is 24.3 Å². The highest BCUT2D eigenvalue weighted by atomic mass is 35.5. The Morgan fingerprint density at radius 3 is 2.88 bits per heavy atom. The fraction of sp³-hybridized carbons (Fsp3) is 0.235. The lowest BCUT2D eigenvalue weighted by Gasteiger charge is -2.14. The van der Waals surface area contributed by atoms with Gasteiger partial charge in [-0.25, -0.2) is 9.78 Å². The molecule has 0 fully saturated rings. The molecule has 1 aromatic carbocycles. The summed E-state index contributed by atoms with van der Waals surface area (Å²) in [6, 6.07) is 7.15. The van der Waals surface area contributed by atoms with Gasteiger partial charge in [-0.15, -0.1) is 11.3 Å². The van der Waals surface area contributed by atoms with Crippen LogP contribution in [0.3, 0.4) is 0 Å². The van der Waals surface area contributed by atoms with Crippen LogP contribution in [0.5, 0.6) is 0 Å². The van der Waals surface area contributed by atoms with Crippen LogP contribution in [-0.2, 0) is 20.9 Å². The first-order valence-electron chi connectivity index (χ1n) is 7.32. The van der Waals surface area contributed by atoms with E-state index in [2.05, 4.69) is 4.98 Å². The minimum atomic E-state index is -0.469. The van der Waals surface area contributed by atoms with Crippen molar-refractivity contribution in [3.8, 4) is 0 Å². The lowest BCUT2D eigenvalue weighted by molar-refractivity contribution is -0.139. The summed E-state index contributed by atoms with van der Waals surface area (Å²) in [5.41, 5.74) is 1.43. The van der Waals surface area contributed by atoms with Gasteiger partial charge in [0.15, 0.2) is 5.13 Å². The Bertz CT molecular complexity index is 758. The van der Waals surface area contributed by atoms with Crippen LogP contribution < -0.4 is 4.90 Å². The van der Waals surface area contributed by atoms with Gasteiger partial charge in [0.25, 0.3) is 0 Å². The molecule has 1 aromatic heterocycles. The molecule has 24 heavy (non-hydrogen) atoms. The summed E-state index contributed by atoms with van der Waals surface area (Å²) in [5, 5.41) is 2.98. The number of esters is 1. The van der Waals surface area contributed by atoms with Gasteiger partial charge < -0.3 is 4.74 Å². The second kappa shape index (κ2) is 8.61.